The third-order valence-electron chi connectivity index (χ3n) is 3.36. The van der Waals surface area contributed by atoms with E-state index >= 15 is 0 Å². The smallest absolute Gasteiger partial charge is 0.205 e. The van der Waals surface area contributed by atoms with Crippen LogP contribution < -0.4 is 0 Å². The molecule has 3 aromatic rings. The van der Waals surface area contributed by atoms with E-state index in [4.69, 9.17) is 0 Å². The molecule has 0 aliphatic rings. The highest BCUT2D eigenvalue weighted by Gasteiger charge is 2.16. The summed E-state index contributed by atoms with van der Waals surface area (Å²) in [6.07, 6.45) is 3.05. The number of hydrogen-bond donors (Lipinski definition) is 1. The Morgan fingerprint density at radius 1 is 1.18 bits per heavy atom. The average Bonchev–Trinajstić information content (AvgIpc) is 2.95. The zero-order valence-electron chi connectivity index (χ0n) is 11.5. The lowest BCUT2D eigenvalue weighted by Gasteiger charge is -1.99. The van der Waals surface area contributed by atoms with Crippen LogP contribution in [-0.4, -0.2) is 10.8 Å². The van der Waals surface area contributed by atoms with E-state index in [-0.39, 0.29) is 17.2 Å². The maximum absolute atomic E-state index is 13.2. The molecule has 0 unspecified atom stereocenters. The van der Waals surface area contributed by atoms with Crippen LogP contribution in [0.5, 0.6) is 0 Å². The topological polar surface area (TPSA) is 56.6 Å². The van der Waals surface area contributed by atoms with Crippen molar-refractivity contribution in [3.63, 3.8) is 0 Å². The lowest BCUT2D eigenvalue weighted by Crippen LogP contribution is -2.01. The molecule has 1 aromatic heterocycles. The van der Waals surface area contributed by atoms with E-state index in [1.807, 2.05) is 36.4 Å². The zero-order valence-corrected chi connectivity index (χ0v) is 11.5. The number of fused-ring (bicyclic) bond motifs is 1. The lowest BCUT2D eigenvalue weighted by molar-refractivity contribution is 0.104. The SMILES string of the molecule is N#CC(=Cc1ccccc1)C(=O)c1c[nH]c2cc(F)ccc12. The fourth-order valence-electron chi connectivity index (χ4n) is 2.30. The first-order valence-electron chi connectivity index (χ1n) is 6.67. The standard InChI is InChI=1S/C18H11FN2O/c19-14-6-7-15-16(11-21-17(15)9-14)18(22)13(10-20)8-12-4-2-1-3-5-12/h1-9,11,21H. The van der Waals surface area contributed by atoms with Crippen LogP contribution in [0.2, 0.25) is 0 Å². The second-order valence-electron chi connectivity index (χ2n) is 4.80. The first kappa shape index (κ1) is 13.8. The van der Waals surface area contributed by atoms with Gasteiger partial charge in [0.25, 0.3) is 0 Å². The third kappa shape index (κ3) is 2.52. The number of aromatic nitrogens is 1. The van der Waals surface area contributed by atoms with Gasteiger partial charge in [-0.15, -0.1) is 0 Å². The van der Waals surface area contributed by atoms with E-state index < -0.39 is 0 Å². The molecule has 3 rings (SSSR count). The van der Waals surface area contributed by atoms with Gasteiger partial charge in [-0.2, -0.15) is 5.26 Å². The van der Waals surface area contributed by atoms with Gasteiger partial charge in [-0.25, -0.2) is 4.39 Å². The molecule has 2 aromatic carbocycles. The van der Waals surface area contributed by atoms with Gasteiger partial charge in [0, 0.05) is 22.7 Å². The molecule has 106 valence electrons. The van der Waals surface area contributed by atoms with E-state index in [0.717, 1.165) is 5.56 Å². The molecule has 0 atom stereocenters. The second-order valence-corrected chi connectivity index (χ2v) is 4.80. The number of nitrogens with zero attached hydrogens (tertiary/aromatic N) is 1. The van der Waals surface area contributed by atoms with Gasteiger partial charge in [0.1, 0.15) is 17.5 Å². The maximum atomic E-state index is 13.2. The highest BCUT2D eigenvalue weighted by molar-refractivity contribution is 6.19. The van der Waals surface area contributed by atoms with Crippen molar-refractivity contribution in [3.8, 4) is 6.07 Å². The Bertz CT molecular complexity index is 917. The lowest BCUT2D eigenvalue weighted by atomic mass is 10.0. The predicted octanol–water partition coefficient (Wildman–Crippen LogP) is 4.10. The molecule has 0 amide bonds. The number of aromatic amines is 1. The van der Waals surface area contributed by atoms with Crippen molar-refractivity contribution in [3.05, 3.63) is 77.2 Å². The Morgan fingerprint density at radius 2 is 1.95 bits per heavy atom. The molecule has 1 N–H and O–H groups in total. The predicted molar refractivity (Wildman–Crippen MR) is 82.6 cm³/mol. The number of rotatable bonds is 3. The van der Waals surface area contributed by atoms with Crippen LogP contribution in [-0.2, 0) is 0 Å². The Kier molecular flexibility index (Phi) is 3.55. The number of H-pyrrole nitrogens is 1. The Labute approximate surface area is 126 Å². The van der Waals surface area contributed by atoms with Crippen LogP contribution in [0.15, 0.2) is 60.3 Å². The molecule has 22 heavy (non-hydrogen) atoms. The van der Waals surface area contributed by atoms with Crippen LogP contribution in [0.3, 0.4) is 0 Å². The fraction of sp³-hybridized carbons (Fsp3) is 0. The number of carbonyl (C=O) groups excluding carboxylic acids is 1. The fourth-order valence-corrected chi connectivity index (χ4v) is 2.30. The van der Waals surface area contributed by atoms with Gasteiger partial charge in [-0.1, -0.05) is 30.3 Å². The van der Waals surface area contributed by atoms with Crippen molar-refractivity contribution < 1.29 is 9.18 Å². The molecular weight excluding hydrogens is 279 g/mol. The van der Waals surface area contributed by atoms with Crippen molar-refractivity contribution in [2.45, 2.75) is 0 Å². The summed E-state index contributed by atoms with van der Waals surface area (Å²) in [5.74, 6) is -0.766. The number of benzene rings is 2. The molecule has 0 spiro atoms. The van der Waals surface area contributed by atoms with E-state index in [1.165, 1.54) is 24.4 Å². The molecule has 0 fully saturated rings. The highest BCUT2D eigenvalue weighted by Crippen LogP contribution is 2.22. The minimum absolute atomic E-state index is 0.0384. The summed E-state index contributed by atoms with van der Waals surface area (Å²) in [4.78, 5) is 15.4. The summed E-state index contributed by atoms with van der Waals surface area (Å²) in [7, 11) is 0. The number of ketones is 1. The van der Waals surface area contributed by atoms with Crippen LogP contribution in [0.1, 0.15) is 15.9 Å². The van der Waals surface area contributed by atoms with Gasteiger partial charge >= 0.3 is 0 Å². The van der Waals surface area contributed by atoms with Crippen molar-refractivity contribution in [2.24, 2.45) is 0 Å². The van der Waals surface area contributed by atoms with Crippen LogP contribution in [0, 0.1) is 17.1 Å². The van der Waals surface area contributed by atoms with Gasteiger partial charge < -0.3 is 4.98 Å². The second kappa shape index (κ2) is 5.66. The van der Waals surface area contributed by atoms with Crippen LogP contribution in [0.4, 0.5) is 4.39 Å². The Morgan fingerprint density at radius 3 is 2.68 bits per heavy atom. The summed E-state index contributed by atoms with van der Waals surface area (Å²) in [5.41, 5.74) is 1.70. The van der Waals surface area contributed by atoms with Crippen molar-refractivity contribution in [1.29, 1.82) is 5.26 Å². The van der Waals surface area contributed by atoms with Gasteiger partial charge in [-0.05, 0) is 29.8 Å². The number of nitrogens with one attached hydrogen (secondary N) is 1. The molecule has 0 aliphatic carbocycles. The molecule has 0 aliphatic heterocycles. The molecule has 0 bridgehead atoms. The quantitative estimate of drug-likeness (QED) is 0.448. The molecule has 0 saturated heterocycles. The number of halogens is 1. The van der Waals surface area contributed by atoms with Crippen LogP contribution >= 0.6 is 0 Å². The van der Waals surface area contributed by atoms with Crippen molar-refractivity contribution >= 4 is 22.8 Å². The van der Waals surface area contributed by atoms with E-state index in [1.54, 1.807) is 6.08 Å². The molecule has 3 nitrogen and oxygen atoms in total. The molecular formula is C18H11FN2O. The van der Waals surface area contributed by atoms with Crippen LogP contribution in [0.25, 0.3) is 17.0 Å². The number of Topliss-reactive ketones (excluding diaryl/α,β-unsaturated/α-hetero) is 1. The van der Waals surface area contributed by atoms with E-state index in [9.17, 15) is 14.4 Å². The monoisotopic (exact) mass is 290 g/mol. The van der Waals surface area contributed by atoms with E-state index in [0.29, 0.717) is 16.5 Å². The maximum Gasteiger partial charge on any atom is 0.205 e. The minimum Gasteiger partial charge on any atom is -0.360 e. The Hall–Kier alpha value is -3.19. The number of carbonyl (C=O) groups is 1. The van der Waals surface area contributed by atoms with Gasteiger partial charge in [0.05, 0.1) is 0 Å². The normalized spacial score (nSPS) is 11.4. The van der Waals surface area contributed by atoms with Gasteiger partial charge in [0.2, 0.25) is 5.78 Å². The third-order valence-corrected chi connectivity index (χ3v) is 3.36. The van der Waals surface area contributed by atoms with Gasteiger partial charge in [-0.3, -0.25) is 4.79 Å². The summed E-state index contributed by atoms with van der Waals surface area (Å²) >= 11 is 0. The number of hydrogen-bond acceptors (Lipinski definition) is 2. The summed E-state index contributed by atoms with van der Waals surface area (Å²) in [5, 5.41) is 9.86. The Balaban J connectivity index is 2.04. The number of nitriles is 1. The van der Waals surface area contributed by atoms with Crippen molar-refractivity contribution in [2.75, 3.05) is 0 Å². The summed E-state index contributed by atoms with van der Waals surface area (Å²) in [6.45, 7) is 0. The highest BCUT2D eigenvalue weighted by atomic mass is 19.1. The largest absolute Gasteiger partial charge is 0.360 e. The summed E-state index contributed by atoms with van der Waals surface area (Å²) in [6, 6.07) is 15.2. The van der Waals surface area contributed by atoms with Gasteiger partial charge in [0.15, 0.2) is 0 Å². The summed E-state index contributed by atoms with van der Waals surface area (Å²) < 4.78 is 13.2. The first-order valence-corrected chi connectivity index (χ1v) is 6.67. The van der Waals surface area contributed by atoms with E-state index in [2.05, 4.69) is 4.98 Å². The minimum atomic E-state index is -0.385. The molecule has 0 radical (unpaired) electrons. The number of allylic oxidation sites excluding steroid dienone is 1. The zero-order chi connectivity index (χ0) is 15.5. The molecule has 4 heteroatoms. The molecule has 0 saturated carbocycles. The first-order chi connectivity index (χ1) is 10.7. The average molecular weight is 290 g/mol. The van der Waals surface area contributed by atoms with Crippen molar-refractivity contribution in [1.82, 2.24) is 4.98 Å². The molecule has 1 heterocycles.